The third kappa shape index (κ3) is 5.74. The number of rotatable bonds is 8. The zero-order chi connectivity index (χ0) is 15.0. The first-order valence-electron chi connectivity index (χ1n) is 7.54. The number of aliphatic hydroxyl groups is 1. The summed E-state index contributed by atoms with van der Waals surface area (Å²) in [5, 5.41) is 12.4. The van der Waals surface area contributed by atoms with Crippen LogP contribution in [0.5, 0.6) is 0 Å². The first-order valence-corrected chi connectivity index (χ1v) is 7.54. The Morgan fingerprint density at radius 3 is 2.45 bits per heavy atom. The third-order valence-electron chi connectivity index (χ3n) is 3.71. The second-order valence-corrected chi connectivity index (χ2v) is 5.67. The van der Waals surface area contributed by atoms with Gasteiger partial charge in [-0.25, -0.2) is 0 Å². The van der Waals surface area contributed by atoms with Crippen LogP contribution in [0, 0.1) is 5.92 Å². The average molecular weight is 277 g/mol. The summed E-state index contributed by atoms with van der Waals surface area (Å²) in [5.74, 6) is 0.729. The Hall–Kier alpha value is -1.35. The minimum Gasteiger partial charge on any atom is -0.393 e. The SMILES string of the molecule is CCC(O)CCNC(=O)CC(c1ccccc1)C(C)C. The fourth-order valence-electron chi connectivity index (χ4n) is 2.29. The Kier molecular flexibility index (Phi) is 7.31. The predicted molar refractivity (Wildman–Crippen MR) is 82.6 cm³/mol. The van der Waals surface area contributed by atoms with Gasteiger partial charge < -0.3 is 10.4 Å². The second-order valence-electron chi connectivity index (χ2n) is 5.67. The fraction of sp³-hybridized carbons (Fsp3) is 0.588. The van der Waals surface area contributed by atoms with Crippen LogP contribution < -0.4 is 5.32 Å². The van der Waals surface area contributed by atoms with E-state index in [1.807, 2.05) is 25.1 Å². The summed E-state index contributed by atoms with van der Waals surface area (Å²) in [6, 6.07) is 10.2. The van der Waals surface area contributed by atoms with Gasteiger partial charge in [0.15, 0.2) is 0 Å². The molecule has 1 aromatic carbocycles. The van der Waals surface area contributed by atoms with Gasteiger partial charge in [0.25, 0.3) is 0 Å². The molecule has 1 aromatic rings. The number of hydrogen-bond donors (Lipinski definition) is 2. The number of benzene rings is 1. The van der Waals surface area contributed by atoms with Crippen LogP contribution >= 0.6 is 0 Å². The molecule has 0 bridgehead atoms. The molecule has 0 spiro atoms. The summed E-state index contributed by atoms with van der Waals surface area (Å²) in [5.41, 5.74) is 1.21. The summed E-state index contributed by atoms with van der Waals surface area (Å²) in [6.45, 7) is 6.78. The molecule has 112 valence electrons. The van der Waals surface area contributed by atoms with E-state index in [4.69, 9.17) is 0 Å². The highest BCUT2D eigenvalue weighted by Gasteiger charge is 2.19. The monoisotopic (exact) mass is 277 g/mol. The molecule has 3 heteroatoms. The number of hydrogen-bond acceptors (Lipinski definition) is 2. The number of carbonyl (C=O) groups is 1. The molecule has 3 nitrogen and oxygen atoms in total. The summed E-state index contributed by atoms with van der Waals surface area (Å²) in [6.07, 6.45) is 1.54. The van der Waals surface area contributed by atoms with Crippen LogP contribution in [0.2, 0.25) is 0 Å². The van der Waals surface area contributed by atoms with Crippen molar-refractivity contribution in [3.63, 3.8) is 0 Å². The van der Waals surface area contributed by atoms with Crippen LogP contribution in [0.4, 0.5) is 0 Å². The molecule has 0 heterocycles. The lowest BCUT2D eigenvalue weighted by atomic mass is 9.85. The Balaban J connectivity index is 2.48. The van der Waals surface area contributed by atoms with Gasteiger partial charge >= 0.3 is 0 Å². The van der Waals surface area contributed by atoms with Gasteiger partial charge in [-0.1, -0.05) is 51.1 Å². The first-order chi connectivity index (χ1) is 9.54. The molecule has 0 fully saturated rings. The van der Waals surface area contributed by atoms with E-state index in [1.54, 1.807) is 0 Å². The Morgan fingerprint density at radius 1 is 1.25 bits per heavy atom. The first kappa shape index (κ1) is 16.7. The van der Waals surface area contributed by atoms with Gasteiger partial charge in [-0.15, -0.1) is 0 Å². The van der Waals surface area contributed by atoms with Gasteiger partial charge in [0, 0.05) is 13.0 Å². The highest BCUT2D eigenvalue weighted by atomic mass is 16.3. The molecule has 0 aliphatic rings. The lowest BCUT2D eigenvalue weighted by molar-refractivity contribution is -0.121. The average Bonchev–Trinajstić information content (AvgIpc) is 2.45. The van der Waals surface area contributed by atoms with Gasteiger partial charge in [-0.2, -0.15) is 0 Å². The second kappa shape index (κ2) is 8.75. The standard InChI is InChI=1S/C17H27NO2/c1-4-15(19)10-11-18-17(20)12-16(13(2)3)14-8-6-5-7-9-14/h5-9,13,15-16,19H,4,10-12H2,1-3H3,(H,18,20). The molecule has 0 saturated carbocycles. The van der Waals surface area contributed by atoms with Gasteiger partial charge in [-0.3, -0.25) is 4.79 Å². The van der Waals surface area contributed by atoms with E-state index in [9.17, 15) is 9.90 Å². The molecule has 20 heavy (non-hydrogen) atoms. The zero-order valence-corrected chi connectivity index (χ0v) is 12.8. The highest BCUT2D eigenvalue weighted by molar-refractivity contribution is 5.76. The molecule has 2 atom stereocenters. The van der Waals surface area contributed by atoms with Crippen LogP contribution in [-0.2, 0) is 4.79 Å². The number of aliphatic hydroxyl groups excluding tert-OH is 1. The van der Waals surface area contributed by atoms with Crippen LogP contribution in [0.15, 0.2) is 30.3 Å². The summed E-state index contributed by atoms with van der Waals surface area (Å²) < 4.78 is 0. The minimum absolute atomic E-state index is 0.0656. The van der Waals surface area contributed by atoms with Crippen LogP contribution in [0.3, 0.4) is 0 Å². The lowest BCUT2D eigenvalue weighted by Crippen LogP contribution is -2.29. The van der Waals surface area contributed by atoms with Crippen molar-refractivity contribution >= 4 is 5.91 Å². The van der Waals surface area contributed by atoms with Crippen molar-refractivity contribution in [3.8, 4) is 0 Å². The fourth-order valence-corrected chi connectivity index (χ4v) is 2.29. The van der Waals surface area contributed by atoms with Crippen molar-refractivity contribution in [1.82, 2.24) is 5.32 Å². The molecule has 1 amide bonds. The smallest absolute Gasteiger partial charge is 0.220 e. The molecule has 1 rings (SSSR count). The lowest BCUT2D eigenvalue weighted by Gasteiger charge is -2.21. The summed E-state index contributed by atoms with van der Waals surface area (Å²) >= 11 is 0. The molecule has 0 aliphatic heterocycles. The number of amides is 1. The molecule has 2 unspecified atom stereocenters. The van der Waals surface area contributed by atoms with E-state index >= 15 is 0 Å². The van der Waals surface area contributed by atoms with Crippen LogP contribution in [0.1, 0.15) is 51.5 Å². The third-order valence-corrected chi connectivity index (χ3v) is 3.71. The Bertz CT molecular complexity index is 389. The van der Waals surface area contributed by atoms with E-state index in [-0.39, 0.29) is 17.9 Å². The molecular weight excluding hydrogens is 250 g/mol. The maximum Gasteiger partial charge on any atom is 0.220 e. The number of carbonyl (C=O) groups excluding carboxylic acids is 1. The van der Waals surface area contributed by atoms with Gasteiger partial charge in [0.2, 0.25) is 5.91 Å². The van der Waals surface area contributed by atoms with Crippen molar-refractivity contribution in [2.45, 2.75) is 52.1 Å². The van der Waals surface area contributed by atoms with Crippen molar-refractivity contribution in [2.24, 2.45) is 5.92 Å². The Labute approximate surface area is 122 Å². The van der Waals surface area contributed by atoms with Crippen LogP contribution in [-0.4, -0.2) is 23.7 Å². The van der Waals surface area contributed by atoms with E-state index < -0.39 is 0 Å². The normalized spacial score (nSPS) is 14.1. The molecule has 0 aromatic heterocycles. The minimum atomic E-state index is -0.315. The maximum atomic E-state index is 12.0. The maximum absolute atomic E-state index is 12.0. The van der Waals surface area contributed by atoms with Crippen molar-refractivity contribution in [2.75, 3.05) is 6.54 Å². The van der Waals surface area contributed by atoms with E-state index in [0.717, 1.165) is 6.42 Å². The van der Waals surface area contributed by atoms with Crippen molar-refractivity contribution in [1.29, 1.82) is 0 Å². The quantitative estimate of drug-likeness (QED) is 0.767. The summed E-state index contributed by atoms with van der Waals surface area (Å²) in [4.78, 5) is 12.0. The zero-order valence-electron chi connectivity index (χ0n) is 12.8. The topological polar surface area (TPSA) is 49.3 Å². The number of nitrogens with one attached hydrogen (secondary N) is 1. The van der Waals surface area contributed by atoms with Gasteiger partial charge in [0.1, 0.15) is 0 Å². The van der Waals surface area contributed by atoms with Gasteiger partial charge in [-0.05, 0) is 30.2 Å². The largest absolute Gasteiger partial charge is 0.393 e. The predicted octanol–water partition coefficient (Wildman–Crippen LogP) is 3.09. The van der Waals surface area contributed by atoms with Gasteiger partial charge in [0.05, 0.1) is 6.10 Å². The van der Waals surface area contributed by atoms with E-state index in [1.165, 1.54) is 5.56 Å². The summed E-state index contributed by atoms with van der Waals surface area (Å²) in [7, 11) is 0. The van der Waals surface area contributed by atoms with Crippen molar-refractivity contribution in [3.05, 3.63) is 35.9 Å². The van der Waals surface area contributed by atoms with Crippen molar-refractivity contribution < 1.29 is 9.90 Å². The van der Waals surface area contributed by atoms with E-state index in [0.29, 0.717) is 25.3 Å². The molecular formula is C17H27NO2. The van der Waals surface area contributed by atoms with E-state index in [2.05, 4.69) is 31.3 Å². The molecule has 0 radical (unpaired) electrons. The Morgan fingerprint density at radius 2 is 1.90 bits per heavy atom. The highest BCUT2D eigenvalue weighted by Crippen LogP contribution is 2.27. The van der Waals surface area contributed by atoms with Crippen LogP contribution in [0.25, 0.3) is 0 Å². The molecule has 2 N–H and O–H groups in total. The molecule has 0 saturated heterocycles. The molecule has 0 aliphatic carbocycles.